The van der Waals surface area contributed by atoms with Crippen molar-refractivity contribution in [2.45, 2.75) is 56.5 Å². The molecule has 0 bridgehead atoms. The second kappa shape index (κ2) is 8.65. The Kier molecular flexibility index (Phi) is 5.71. The number of hydrogen-bond donors (Lipinski definition) is 1. The summed E-state index contributed by atoms with van der Waals surface area (Å²) in [4.78, 5) is 17.8. The van der Waals surface area contributed by atoms with E-state index < -0.39 is 0 Å². The van der Waals surface area contributed by atoms with E-state index in [0.29, 0.717) is 17.9 Å². The minimum atomic E-state index is 0.156. The number of allylic oxidation sites excluding steroid dienone is 2. The molecule has 168 valence electrons. The van der Waals surface area contributed by atoms with Crippen molar-refractivity contribution in [3.8, 4) is 0 Å². The number of hydrogen-bond acceptors (Lipinski definition) is 3. The fraction of sp³-hybridized carbons (Fsp3) is 0.464. The van der Waals surface area contributed by atoms with Gasteiger partial charge in [-0.2, -0.15) is 0 Å². The van der Waals surface area contributed by atoms with Gasteiger partial charge in [0, 0.05) is 38.8 Å². The van der Waals surface area contributed by atoms with Crippen LogP contribution in [0.5, 0.6) is 0 Å². The summed E-state index contributed by atoms with van der Waals surface area (Å²) in [7, 11) is 6.14. The summed E-state index contributed by atoms with van der Waals surface area (Å²) in [5.41, 5.74) is 5.63. The Bertz CT molecular complexity index is 1000. The summed E-state index contributed by atoms with van der Waals surface area (Å²) in [6, 6.07) is 15.7. The first-order valence-electron chi connectivity index (χ1n) is 12.1. The molecule has 1 amide bonds. The minimum absolute atomic E-state index is 0.156. The lowest BCUT2D eigenvalue weighted by Crippen LogP contribution is -2.39. The summed E-state index contributed by atoms with van der Waals surface area (Å²) in [6.45, 7) is 0. The monoisotopic (exact) mass is 429 g/mol. The maximum absolute atomic E-state index is 13.6. The van der Waals surface area contributed by atoms with Gasteiger partial charge in [0.1, 0.15) is 0 Å². The predicted molar refractivity (Wildman–Crippen MR) is 133 cm³/mol. The summed E-state index contributed by atoms with van der Waals surface area (Å²) >= 11 is 0. The van der Waals surface area contributed by atoms with E-state index in [0.717, 1.165) is 30.5 Å². The first kappa shape index (κ1) is 21.1. The quantitative estimate of drug-likeness (QED) is 0.607. The number of para-hydroxylation sites is 1. The van der Waals surface area contributed by atoms with Crippen LogP contribution in [0.2, 0.25) is 0 Å². The molecule has 1 heterocycles. The molecule has 2 aromatic rings. The van der Waals surface area contributed by atoms with Crippen molar-refractivity contribution in [3.05, 3.63) is 71.3 Å². The Balaban J connectivity index is 1.49. The van der Waals surface area contributed by atoms with Gasteiger partial charge < -0.3 is 15.1 Å². The Morgan fingerprint density at radius 2 is 1.72 bits per heavy atom. The Hall–Kier alpha value is -2.75. The molecule has 2 aromatic carbocycles. The summed E-state index contributed by atoms with van der Waals surface area (Å²) < 4.78 is 0. The van der Waals surface area contributed by atoms with Crippen molar-refractivity contribution in [1.29, 1.82) is 0 Å². The van der Waals surface area contributed by atoms with Gasteiger partial charge in [-0.15, -0.1) is 0 Å². The molecule has 1 N–H and O–H groups in total. The number of rotatable bonds is 4. The van der Waals surface area contributed by atoms with Crippen LogP contribution in [0.25, 0.3) is 0 Å². The van der Waals surface area contributed by atoms with Gasteiger partial charge in [0.15, 0.2) is 0 Å². The molecule has 0 saturated heterocycles. The molecule has 0 aromatic heterocycles. The zero-order chi connectivity index (χ0) is 22.2. The van der Waals surface area contributed by atoms with E-state index in [1.165, 1.54) is 36.1 Å². The number of anilines is 2. The molecular formula is C28H35N3O. The largest absolute Gasteiger partial charge is 0.378 e. The number of benzene rings is 2. The van der Waals surface area contributed by atoms with Gasteiger partial charge in [0.2, 0.25) is 0 Å². The highest BCUT2D eigenvalue weighted by Crippen LogP contribution is 2.51. The fourth-order valence-electron chi connectivity index (χ4n) is 5.93. The van der Waals surface area contributed by atoms with Crippen LogP contribution in [0.4, 0.5) is 11.4 Å². The highest BCUT2D eigenvalue weighted by Gasteiger charge is 2.39. The number of amides is 1. The van der Waals surface area contributed by atoms with Gasteiger partial charge in [0.25, 0.3) is 5.91 Å². The molecule has 5 rings (SSSR count). The molecule has 1 aliphatic heterocycles. The lowest BCUT2D eigenvalue weighted by molar-refractivity contribution is 0.0697. The maximum Gasteiger partial charge on any atom is 0.255 e. The molecule has 4 nitrogen and oxygen atoms in total. The molecular weight excluding hydrogens is 394 g/mol. The number of fused-ring (bicyclic) bond motifs is 3. The smallest absolute Gasteiger partial charge is 0.255 e. The second-order valence-corrected chi connectivity index (χ2v) is 9.94. The standard InChI is InChI=1S/C28H35N3O/c1-30(2)20-17-15-19(16-18-20)26-23-12-7-11-22(23)24-13-8-14-25(27(24)29-26)28(32)31(3)21-9-5-4-6-10-21/h7-8,11,13-18,21-23,26,29H,4-6,9-10,12H2,1-3H3. The van der Waals surface area contributed by atoms with Crippen LogP contribution in [-0.4, -0.2) is 38.0 Å². The van der Waals surface area contributed by atoms with Gasteiger partial charge in [-0.1, -0.05) is 55.7 Å². The molecule has 0 radical (unpaired) electrons. The Morgan fingerprint density at radius 3 is 2.44 bits per heavy atom. The average Bonchev–Trinajstić information content (AvgIpc) is 3.33. The van der Waals surface area contributed by atoms with Gasteiger partial charge in [-0.3, -0.25) is 4.79 Å². The molecule has 0 spiro atoms. The Labute approximate surface area is 192 Å². The predicted octanol–water partition coefficient (Wildman–Crippen LogP) is 5.98. The third-order valence-corrected chi connectivity index (χ3v) is 7.84. The van der Waals surface area contributed by atoms with E-state index in [4.69, 9.17) is 0 Å². The van der Waals surface area contributed by atoms with Crippen molar-refractivity contribution >= 4 is 17.3 Å². The molecule has 3 atom stereocenters. The fourth-order valence-corrected chi connectivity index (χ4v) is 5.93. The van der Waals surface area contributed by atoms with E-state index in [9.17, 15) is 4.79 Å². The van der Waals surface area contributed by atoms with Crippen molar-refractivity contribution < 1.29 is 4.79 Å². The summed E-state index contributed by atoms with van der Waals surface area (Å²) in [5, 5.41) is 3.84. The van der Waals surface area contributed by atoms with Gasteiger partial charge in [0.05, 0.1) is 17.3 Å². The van der Waals surface area contributed by atoms with Crippen molar-refractivity contribution in [2.75, 3.05) is 31.4 Å². The molecule has 1 saturated carbocycles. The van der Waals surface area contributed by atoms with E-state index in [1.54, 1.807) is 0 Å². The van der Waals surface area contributed by atoms with Crippen LogP contribution in [0.3, 0.4) is 0 Å². The Morgan fingerprint density at radius 1 is 0.969 bits per heavy atom. The normalized spacial score (nSPS) is 24.4. The van der Waals surface area contributed by atoms with Crippen LogP contribution in [0.1, 0.15) is 72.0 Å². The number of carbonyl (C=O) groups is 1. The highest BCUT2D eigenvalue weighted by molar-refractivity contribution is 6.01. The number of nitrogens with zero attached hydrogens (tertiary/aromatic N) is 2. The third kappa shape index (κ3) is 3.70. The molecule has 1 fully saturated rings. The van der Waals surface area contributed by atoms with Gasteiger partial charge in [-0.25, -0.2) is 0 Å². The van der Waals surface area contributed by atoms with Gasteiger partial charge in [-0.05, 0) is 54.5 Å². The summed E-state index contributed by atoms with van der Waals surface area (Å²) in [5.74, 6) is 0.995. The van der Waals surface area contributed by atoms with Gasteiger partial charge >= 0.3 is 0 Å². The zero-order valence-corrected chi connectivity index (χ0v) is 19.6. The number of carbonyl (C=O) groups excluding carboxylic acids is 1. The van der Waals surface area contributed by atoms with Crippen LogP contribution in [0.15, 0.2) is 54.6 Å². The van der Waals surface area contributed by atoms with Crippen LogP contribution < -0.4 is 10.2 Å². The minimum Gasteiger partial charge on any atom is -0.378 e. The second-order valence-electron chi connectivity index (χ2n) is 9.94. The summed E-state index contributed by atoms with van der Waals surface area (Å²) in [6.07, 6.45) is 11.7. The third-order valence-electron chi connectivity index (χ3n) is 7.84. The van der Waals surface area contributed by atoms with E-state index >= 15 is 0 Å². The first-order valence-corrected chi connectivity index (χ1v) is 12.1. The van der Waals surface area contributed by atoms with Crippen LogP contribution >= 0.6 is 0 Å². The topological polar surface area (TPSA) is 35.6 Å². The van der Waals surface area contributed by atoms with E-state index in [-0.39, 0.29) is 11.9 Å². The van der Waals surface area contributed by atoms with Crippen molar-refractivity contribution in [2.24, 2.45) is 5.92 Å². The zero-order valence-electron chi connectivity index (χ0n) is 19.6. The van der Waals surface area contributed by atoms with Crippen LogP contribution in [-0.2, 0) is 0 Å². The molecule has 3 aliphatic rings. The van der Waals surface area contributed by atoms with Crippen LogP contribution in [0, 0.1) is 5.92 Å². The van der Waals surface area contributed by atoms with Crippen molar-refractivity contribution in [1.82, 2.24) is 4.90 Å². The molecule has 32 heavy (non-hydrogen) atoms. The highest BCUT2D eigenvalue weighted by atomic mass is 16.2. The lowest BCUT2D eigenvalue weighted by atomic mass is 9.76. The molecule has 3 unspecified atom stereocenters. The van der Waals surface area contributed by atoms with E-state index in [2.05, 4.69) is 72.9 Å². The SMILES string of the molecule is CN(C)c1ccc(C2Nc3c(C(=O)N(C)C4CCCCC4)cccc3C3C=CCC32)cc1. The lowest BCUT2D eigenvalue weighted by Gasteiger charge is -2.39. The first-order chi connectivity index (χ1) is 15.5. The maximum atomic E-state index is 13.6. The molecule has 2 aliphatic carbocycles. The number of nitrogens with one attached hydrogen (secondary N) is 1. The van der Waals surface area contributed by atoms with Crippen molar-refractivity contribution in [3.63, 3.8) is 0 Å². The molecule has 4 heteroatoms. The van der Waals surface area contributed by atoms with E-state index in [1.807, 2.05) is 18.0 Å². The average molecular weight is 430 g/mol.